The lowest BCUT2D eigenvalue weighted by atomic mass is 10.1. The summed E-state index contributed by atoms with van der Waals surface area (Å²) in [6.07, 6.45) is 0.447. The molecule has 144 valence electrons. The Hall–Kier alpha value is -1.76. The Balaban J connectivity index is 1.75. The zero-order valence-electron chi connectivity index (χ0n) is 15.8. The molecule has 1 aliphatic rings. The fraction of sp³-hybridized carbons (Fsp3) is 0.579. The summed E-state index contributed by atoms with van der Waals surface area (Å²) in [4.78, 5) is 26.3. The van der Waals surface area contributed by atoms with Crippen molar-refractivity contribution in [2.75, 3.05) is 24.5 Å². The molecule has 6 nitrogen and oxygen atoms in total. The lowest BCUT2D eigenvalue weighted by Crippen LogP contribution is -2.47. The molecule has 2 N–H and O–H groups in total. The van der Waals surface area contributed by atoms with Crippen molar-refractivity contribution in [2.24, 2.45) is 5.92 Å². The highest BCUT2D eigenvalue weighted by Crippen LogP contribution is 2.25. The Morgan fingerprint density at radius 2 is 2.12 bits per heavy atom. The van der Waals surface area contributed by atoms with Gasteiger partial charge in [0, 0.05) is 29.8 Å². The van der Waals surface area contributed by atoms with Gasteiger partial charge in [-0.15, -0.1) is 0 Å². The molecule has 1 unspecified atom stereocenters. The molecule has 7 heteroatoms. The van der Waals surface area contributed by atoms with E-state index in [9.17, 15) is 9.59 Å². The lowest BCUT2D eigenvalue weighted by molar-refractivity contribution is -0.122. The van der Waals surface area contributed by atoms with E-state index >= 15 is 0 Å². The number of amides is 2. The van der Waals surface area contributed by atoms with Gasteiger partial charge in [-0.3, -0.25) is 4.79 Å². The minimum atomic E-state index is -0.632. The van der Waals surface area contributed by atoms with Crippen LogP contribution in [0, 0.1) is 5.92 Å². The van der Waals surface area contributed by atoms with Gasteiger partial charge in [0.1, 0.15) is 11.6 Å². The fourth-order valence-corrected chi connectivity index (χ4v) is 3.24. The second kappa shape index (κ2) is 8.75. The van der Waals surface area contributed by atoms with Gasteiger partial charge < -0.3 is 20.3 Å². The number of nitrogens with zero attached hydrogens (tertiary/aromatic N) is 1. The molecule has 2 amide bonds. The predicted molar refractivity (Wildman–Crippen MR) is 106 cm³/mol. The van der Waals surface area contributed by atoms with Crippen molar-refractivity contribution in [1.82, 2.24) is 10.6 Å². The molecule has 1 saturated heterocycles. The van der Waals surface area contributed by atoms with E-state index in [2.05, 4.69) is 43.6 Å². The summed E-state index contributed by atoms with van der Waals surface area (Å²) in [5.41, 5.74) is 0.605. The Morgan fingerprint density at radius 1 is 1.38 bits per heavy atom. The molecule has 2 atom stereocenters. The zero-order chi connectivity index (χ0) is 19.3. The highest BCUT2D eigenvalue weighted by atomic mass is 79.9. The van der Waals surface area contributed by atoms with Crippen LogP contribution in [0.5, 0.6) is 0 Å². The molecule has 2 rings (SSSR count). The molecule has 1 fully saturated rings. The van der Waals surface area contributed by atoms with Crippen LogP contribution in [-0.2, 0) is 9.53 Å². The van der Waals surface area contributed by atoms with Crippen molar-refractivity contribution in [3.05, 3.63) is 28.7 Å². The van der Waals surface area contributed by atoms with Crippen molar-refractivity contribution in [3.8, 4) is 0 Å². The van der Waals surface area contributed by atoms with Crippen LogP contribution >= 0.6 is 15.9 Å². The smallest absolute Gasteiger partial charge is 0.408 e. The second-order valence-corrected chi connectivity index (χ2v) is 8.61. The summed E-state index contributed by atoms with van der Waals surface area (Å²) in [6.45, 7) is 9.50. The molecule has 0 aliphatic carbocycles. The number of nitrogens with one attached hydrogen (secondary N) is 2. The Bertz CT molecular complexity index is 645. The number of benzene rings is 1. The molecule has 0 spiro atoms. The van der Waals surface area contributed by atoms with Gasteiger partial charge in [0.25, 0.3) is 0 Å². The monoisotopic (exact) mass is 425 g/mol. The van der Waals surface area contributed by atoms with E-state index in [0.29, 0.717) is 12.5 Å². The van der Waals surface area contributed by atoms with Crippen LogP contribution in [0.4, 0.5) is 10.5 Å². The van der Waals surface area contributed by atoms with Crippen LogP contribution < -0.4 is 15.5 Å². The molecule has 1 aromatic rings. The van der Waals surface area contributed by atoms with Crippen LogP contribution in [0.15, 0.2) is 28.7 Å². The van der Waals surface area contributed by atoms with E-state index in [-0.39, 0.29) is 5.91 Å². The van der Waals surface area contributed by atoms with Crippen molar-refractivity contribution >= 4 is 33.6 Å². The molecule has 0 saturated carbocycles. The quantitative estimate of drug-likeness (QED) is 0.758. The highest BCUT2D eigenvalue weighted by molar-refractivity contribution is 9.10. The van der Waals surface area contributed by atoms with Gasteiger partial charge in [-0.2, -0.15) is 0 Å². The average molecular weight is 426 g/mol. The third kappa shape index (κ3) is 6.52. The van der Waals surface area contributed by atoms with Crippen LogP contribution in [-0.4, -0.2) is 43.3 Å². The Labute approximate surface area is 163 Å². The van der Waals surface area contributed by atoms with Gasteiger partial charge in [0.05, 0.1) is 0 Å². The van der Waals surface area contributed by atoms with Crippen LogP contribution in [0.3, 0.4) is 0 Å². The first-order chi connectivity index (χ1) is 12.1. The molecule has 1 aliphatic heterocycles. The number of alkyl carbamates (subject to hydrolysis) is 1. The molecule has 0 radical (unpaired) electrons. The number of hydrogen-bond donors (Lipinski definition) is 2. The first-order valence-corrected chi connectivity index (χ1v) is 9.71. The van der Waals surface area contributed by atoms with Crippen molar-refractivity contribution < 1.29 is 14.3 Å². The number of anilines is 1. The first-order valence-electron chi connectivity index (χ1n) is 8.92. The summed E-state index contributed by atoms with van der Waals surface area (Å²) in [7, 11) is 0. The van der Waals surface area contributed by atoms with E-state index in [4.69, 9.17) is 4.74 Å². The maximum absolute atomic E-state index is 12.2. The summed E-state index contributed by atoms with van der Waals surface area (Å²) in [6, 6.07) is 7.61. The van der Waals surface area contributed by atoms with E-state index in [0.717, 1.165) is 24.0 Å². The minimum absolute atomic E-state index is 0.197. The number of ether oxygens (including phenoxy) is 1. The lowest BCUT2D eigenvalue weighted by Gasteiger charge is -2.22. The maximum atomic E-state index is 12.2. The van der Waals surface area contributed by atoms with Gasteiger partial charge in [0.2, 0.25) is 5.91 Å². The van der Waals surface area contributed by atoms with Gasteiger partial charge in [0.15, 0.2) is 0 Å². The SMILES string of the molecule is C[C@@H](NC(=O)OC(C)(C)C)C(=O)NCC1CCN(c2cccc(Br)c2)C1. The molecule has 1 aromatic carbocycles. The van der Waals surface area contributed by atoms with Crippen molar-refractivity contribution in [3.63, 3.8) is 0 Å². The Morgan fingerprint density at radius 3 is 2.77 bits per heavy atom. The van der Waals surface area contributed by atoms with Crippen molar-refractivity contribution in [2.45, 2.75) is 45.8 Å². The molecular weight excluding hydrogens is 398 g/mol. The third-order valence-corrected chi connectivity index (χ3v) is 4.64. The molecule has 26 heavy (non-hydrogen) atoms. The highest BCUT2D eigenvalue weighted by Gasteiger charge is 2.25. The Kier molecular flexibility index (Phi) is 6.92. The van der Waals surface area contributed by atoms with E-state index in [1.54, 1.807) is 27.7 Å². The van der Waals surface area contributed by atoms with Crippen LogP contribution in [0.2, 0.25) is 0 Å². The third-order valence-electron chi connectivity index (χ3n) is 4.15. The van der Waals surface area contributed by atoms with Crippen molar-refractivity contribution in [1.29, 1.82) is 0 Å². The van der Waals surface area contributed by atoms with E-state index in [1.165, 1.54) is 5.69 Å². The normalized spacial score (nSPS) is 18.3. The molecular formula is C19H28BrN3O3. The number of hydrogen-bond acceptors (Lipinski definition) is 4. The number of rotatable bonds is 5. The van der Waals surface area contributed by atoms with Gasteiger partial charge in [-0.1, -0.05) is 22.0 Å². The number of carbonyl (C=O) groups is 2. The molecule has 0 bridgehead atoms. The number of carbonyl (C=O) groups excluding carboxylic acids is 2. The largest absolute Gasteiger partial charge is 0.444 e. The minimum Gasteiger partial charge on any atom is -0.444 e. The summed E-state index contributed by atoms with van der Waals surface area (Å²) in [5.74, 6) is 0.198. The first kappa shape index (κ1) is 20.6. The van der Waals surface area contributed by atoms with Crippen LogP contribution in [0.25, 0.3) is 0 Å². The van der Waals surface area contributed by atoms with Gasteiger partial charge >= 0.3 is 6.09 Å². The standard InChI is InChI=1S/C19H28BrN3O3/c1-13(22-18(25)26-19(2,3)4)17(24)21-11-14-8-9-23(12-14)16-7-5-6-15(20)10-16/h5-7,10,13-14H,8-9,11-12H2,1-4H3,(H,21,24)(H,22,25)/t13-,14?/m1/s1. The predicted octanol–water partition coefficient (Wildman–Crippen LogP) is 3.30. The summed E-state index contributed by atoms with van der Waals surface area (Å²) in [5, 5.41) is 5.49. The molecule has 1 heterocycles. The maximum Gasteiger partial charge on any atom is 0.408 e. The van der Waals surface area contributed by atoms with E-state index < -0.39 is 17.7 Å². The van der Waals surface area contributed by atoms with Gasteiger partial charge in [-0.05, 0) is 58.2 Å². The average Bonchev–Trinajstić information content (AvgIpc) is 2.99. The topological polar surface area (TPSA) is 70.7 Å². The van der Waals surface area contributed by atoms with E-state index in [1.807, 2.05) is 12.1 Å². The zero-order valence-corrected chi connectivity index (χ0v) is 17.4. The summed E-state index contributed by atoms with van der Waals surface area (Å²) < 4.78 is 6.23. The van der Waals surface area contributed by atoms with Crippen LogP contribution in [0.1, 0.15) is 34.1 Å². The number of halogens is 1. The fourth-order valence-electron chi connectivity index (χ4n) is 2.85. The van der Waals surface area contributed by atoms with Gasteiger partial charge in [-0.25, -0.2) is 4.79 Å². The second-order valence-electron chi connectivity index (χ2n) is 7.69. The molecule has 0 aromatic heterocycles. The summed E-state index contributed by atoms with van der Waals surface area (Å²) >= 11 is 3.50.